The van der Waals surface area contributed by atoms with E-state index in [1.165, 1.54) is 36.1 Å². The molecule has 0 aromatic carbocycles. The molecule has 2 unspecified atom stereocenters. The van der Waals surface area contributed by atoms with Crippen LogP contribution in [0.1, 0.15) is 43.0 Å². The van der Waals surface area contributed by atoms with E-state index in [1.54, 1.807) is 0 Å². The first kappa shape index (κ1) is 11.2. The van der Waals surface area contributed by atoms with E-state index in [0.717, 1.165) is 18.5 Å². The number of hydrogen-bond donors (Lipinski definition) is 1. The van der Waals surface area contributed by atoms with Crippen molar-refractivity contribution in [2.75, 3.05) is 0 Å². The molecule has 1 aliphatic carbocycles. The molecule has 2 heteroatoms. The van der Waals surface area contributed by atoms with Gasteiger partial charge in [0.15, 0.2) is 0 Å². The SMILES string of the molecule is CCC1CCCC1NCc1sccc1C. The number of rotatable bonds is 4. The topological polar surface area (TPSA) is 12.0 Å². The van der Waals surface area contributed by atoms with Crippen LogP contribution in [-0.4, -0.2) is 6.04 Å². The van der Waals surface area contributed by atoms with Gasteiger partial charge in [0.1, 0.15) is 0 Å². The van der Waals surface area contributed by atoms with Gasteiger partial charge in [0.05, 0.1) is 0 Å². The van der Waals surface area contributed by atoms with Gasteiger partial charge < -0.3 is 5.32 Å². The molecule has 2 atom stereocenters. The van der Waals surface area contributed by atoms with Crippen molar-refractivity contribution < 1.29 is 0 Å². The lowest BCUT2D eigenvalue weighted by molar-refractivity contribution is 0.390. The van der Waals surface area contributed by atoms with Crippen LogP contribution in [0.15, 0.2) is 11.4 Å². The van der Waals surface area contributed by atoms with Crippen LogP contribution < -0.4 is 5.32 Å². The van der Waals surface area contributed by atoms with Gasteiger partial charge in [-0.25, -0.2) is 0 Å². The molecule has 1 aromatic rings. The monoisotopic (exact) mass is 223 g/mol. The molecule has 1 nitrogen and oxygen atoms in total. The Bertz CT molecular complexity index is 305. The summed E-state index contributed by atoms with van der Waals surface area (Å²) >= 11 is 1.88. The predicted octanol–water partition coefficient (Wildman–Crippen LogP) is 3.72. The Morgan fingerprint density at radius 2 is 2.33 bits per heavy atom. The first-order valence-electron chi connectivity index (χ1n) is 6.07. The van der Waals surface area contributed by atoms with Gasteiger partial charge in [0, 0.05) is 17.5 Å². The van der Waals surface area contributed by atoms with E-state index in [4.69, 9.17) is 0 Å². The Hall–Kier alpha value is -0.340. The Morgan fingerprint density at radius 1 is 1.47 bits per heavy atom. The second kappa shape index (κ2) is 5.13. The van der Waals surface area contributed by atoms with Gasteiger partial charge in [0.2, 0.25) is 0 Å². The summed E-state index contributed by atoms with van der Waals surface area (Å²) < 4.78 is 0. The average Bonchev–Trinajstić information content (AvgIpc) is 2.83. The molecule has 84 valence electrons. The molecule has 0 radical (unpaired) electrons. The molecular formula is C13H21NS. The summed E-state index contributed by atoms with van der Waals surface area (Å²) in [4.78, 5) is 1.51. The highest BCUT2D eigenvalue weighted by Gasteiger charge is 2.24. The summed E-state index contributed by atoms with van der Waals surface area (Å²) in [6, 6.07) is 2.99. The van der Waals surface area contributed by atoms with Gasteiger partial charge in [-0.1, -0.05) is 19.8 Å². The first-order valence-corrected chi connectivity index (χ1v) is 6.95. The van der Waals surface area contributed by atoms with E-state index in [-0.39, 0.29) is 0 Å². The van der Waals surface area contributed by atoms with E-state index < -0.39 is 0 Å². The third kappa shape index (κ3) is 2.61. The predicted molar refractivity (Wildman–Crippen MR) is 67.3 cm³/mol. The maximum absolute atomic E-state index is 3.74. The van der Waals surface area contributed by atoms with Crippen LogP contribution in [0.2, 0.25) is 0 Å². The highest BCUT2D eigenvalue weighted by Crippen LogP contribution is 2.28. The molecule has 1 fully saturated rings. The van der Waals surface area contributed by atoms with E-state index in [1.807, 2.05) is 11.3 Å². The molecule has 2 rings (SSSR count). The Kier molecular flexibility index (Phi) is 3.81. The molecule has 0 aliphatic heterocycles. The third-order valence-electron chi connectivity index (χ3n) is 3.68. The minimum atomic E-state index is 0.775. The van der Waals surface area contributed by atoms with Crippen molar-refractivity contribution >= 4 is 11.3 Å². The van der Waals surface area contributed by atoms with Gasteiger partial charge >= 0.3 is 0 Å². The fourth-order valence-corrected chi connectivity index (χ4v) is 3.46. The molecule has 1 aliphatic rings. The van der Waals surface area contributed by atoms with Crippen LogP contribution in [0, 0.1) is 12.8 Å². The summed E-state index contributed by atoms with van der Waals surface area (Å²) in [5.74, 6) is 0.922. The van der Waals surface area contributed by atoms with E-state index in [0.29, 0.717) is 0 Å². The van der Waals surface area contributed by atoms with Crippen molar-refractivity contribution in [3.05, 3.63) is 21.9 Å². The molecule has 0 amide bonds. The molecule has 15 heavy (non-hydrogen) atoms. The van der Waals surface area contributed by atoms with Crippen LogP contribution in [0.4, 0.5) is 0 Å². The molecule has 1 N–H and O–H groups in total. The largest absolute Gasteiger partial charge is 0.309 e. The molecule has 1 saturated carbocycles. The second-order valence-corrected chi connectivity index (χ2v) is 5.61. The minimum absolute atomic E-state index is 0.775. The van der Waals surface area contributed by atoms with Crippen LogP contribution in [0.3, 0.4) is 0 Å². The normalized spacial score (nSPS) is 26.0. The molecule has 0 bridgehead atoms. The van der Waals surface area contributed by atoms with Crippen molar-refractivity contribution in [3.8, 4) is 0 Å². The lowest BCUT2D eigenvalue weighted by atomic mass is 10.0. The maximum Gasteiger partial charge on any atom is 0.0305 e. The zero-order valence-electron chi connectivity index (χ0n) is 9.75. The summed E-state index contributed by atoms with van der Waals surface area (Å²) in [6.45, 7) is 5.60. The van der Waals surface area contributed by atoms with Crippen LogP contribution >= 0.6 is 11.3 Å². The zero-order chi connectivity index (χ0) is 10.7. The van der Waals surface area contributed by atoms with Crippen molar-refractivity contribution in [3.63, 3.8) is 0 Å². The standard InChI is InChI=1S/C13H21NS/c1-3-11-5-4-6-12(11)14-9-13-10(2)7-8-15-13/h7-8,11-12,14H,3-6,9H2,1-2H3. The Morgan fingerprint density at radius 3 is 3.00 bits per heavy atom. The molecule has 1 heterocycles. The fraction of sp³-hybridized carbons (Fsp3) is 0.692. The third-order valence-corrected chi connectivity index (χ3v) is 4.70. The average molecular weight is 223 g/mol. The zero-order valence-corrected chi connectivity index (χ0v) is 10.6. The van der Waals surface area contributed by atoms with Gasteiger partial charge in [0.25, 0.3) is 0 Å². The van der Waals surface area contributed by atoms with Crippen molar-refractivity contribution in [1.82, 2.24) is 5.32 Å². The van der Waals surface area contributed by atoms with Gasteiger partial charge in [-0.3, -0.25) is 0 Å². The number of hydrogen-bond acceptors (Lipinski definition) is 2. The van der Waals surface area contributed by atoms with E-state index >= 15 is 0 Å². The lowest BCUT2D eigenvalue weighted by Crippen LogP contribution is -2.31. The second-order valence-electron chi connectivity index (χ2n) is 4.61. The highest BCUT2D eigenvalue weighted by molar-refractivity contribution is 7.10. The smallest absolute Gasteiger partial charge is 0.0305 e. The van der Waals surface area contributed by atoms with Crippen molar-refractivity contribution in [2.24, 2.45) is 5.92 Å². The number of thiophene rings is 1. The van der Waals surface area contributed by atoms with Crippen LogP contribution in [0.25, 0.3) is 0 Å². The lowest BCUT2D eigenvalue weighted by Gasteiger charge is -2.19. The van der Waals surface area contributed by atoms with Crippen molar-refractivity contribution in [1.29, 1.82) is 0 Å². The molecule has 1 aromatic heterocycles. The van der Waals surface area contributed by atoms with Gasteiger partial charge in [-0.15, -0.1) is 11.3 Å². The first-order chi connectivity index (χ1) is 7.31. The number of aryl methyl sites for hydroxylation is 1. The van der Waals surface area contributed by atoms with Crippen molar-refractivity contribution in [2.45, 2.75) is 52.1 Å². The minimum Gasteiger partial charge on any atom is -0.309 e. The Balaban J connectivity index is 1.85. The summed E-state index contributed by atoms with van der Waals surface area (Å²) in [5, 5.41) is 5.93. The summed E-state index contributed by atoms with van der Waals surface area (Å²) in [6.07, 6.45) is 5.56. The van der Waals surface area contributed by atoms with E-state index in [2.05, 4.69) is 30.6 Å². The highest BCUT2D eigenvalue weighted by atomic mass is 32.1. The molecular weight excluding hydrogens is 202 g/mol. The molecule has 0 saturated heterocycles. The Labute approximate surface area is 96.9 Å². The summed E-state index contributed by atoms with van der Waals surface area (Å²) in [5.41, 5.74) is 1.44. The maximum atomic E-state index is 3.74. The van der Waals surface area contributed by atoms with Crippen LogP contribution in [0.5, 0.6) is 0 Å². The van der Waals surface area contributed by atoms with Gasteiger partial charge in [-0.05, 0) is 42.7 Å². The number of nitrogens with one attached hydrogen (secondary N) is 1. The summed E-state index contributed by atoms with van der Waals surface area (Å²) in [7, 11) is 0. The quantitative estimate of drug-likeness (QED) is 0.820. The van der Waals surface area contributed by atoms with Gasteiger partial charge in [-0.2, -0.15) is 0 Å². The van der Waals surface area contributed by atoms with E-state index in [9.17, 15) is 0 Å². The molecule has 0 spiro atoms. The van der Waals surface area contributed by atoms with Crippen LogP contribution in [-0.2, 0) is 6.54 Å². The fourth-order valence-electron chi connectivity index (χ4n) is 2.60.